The van der Waals surface area contributed by atoms with Crippen molar-refractivity contribution in [1.82, 2.24) is 15.5 Å². The van der Waals surface area contributed by atoms with Gasteiger partial charge >= 0.3 is 0 Å². The summed E-state index contributed by atoms with van der Waals surface area (Å²) < 4.78 is 10.9. The van der Waals surface area contributed by atoms with Crippen molar-refractivity contribution in [3.8, 4) is 11.5 Å². The highest BCUT2D eigenvalue weighted by Crippen LogP contribution is 2.36. The Balaban J connectivity index is 1.60. The molecule has 7 nitrogen and oxygen atoms in total. The van der Waals surface area contributed by atoms with Crippen LogP contribution in [0.2, 0.25) is 0 Å². The van der Waals surface area contributed by atoms with Crippen molar-refractivity contribution in [1.29, 1.82) is 0 Å². The maximum Gasteiger partial charge on any atom is 0.253 e. The monoisotopic (exact) mass is 438 g/mol. The Kier molecular flexibility index (Phi) is 7.62. The van der Waals surface area contributed by atoms with Crippen molar-refractivity contribution in [3.05, 3.63) is 59.2 Å². The maximum atomic E-state index is 12.2. The number of rotatable bonds is 8. The minimum absolute atomic E-state index is 0.0143. The topological polar surface area (TPSA) is 75.2 Å². The molecule has 1 heterocycles. The van der Waals surface area contributed by atoms with Crippen LogP contribution in [0, 0.1) is 0 Å². The molecule has 2 aromatic carbocycles. The van der Waals surface area contributed by atoms with Crippen LogP contribution in [0.15, 0.2) is 47.5 Å². The van der Waals surface area contributed by atoms with Crippen molar-refractivity contribution in [2.75, 3.05) is 40.5 Å². The van der Waals surface area contributed by atoms with Gasteiger partial charge in [-0.25, -0.2) is 0 Å². The van der Waals surface area contributed by atoms with Gasteiger partial charge in [-0.1, -0.05) is 32.0 Å². The van der Waals surface area contributed by atoms with Crippen LogP contribution in [-0.2, 0) is 11.8 Å². The molecule has 1 aliphatic rings. The summed E-state index contributed by atoms with van der Waals surface area (Å²) in [6.07, 6.45) is 0.796. The number of nitrogens with one attached hydrogen (secondary N) is 2. The maximum absolute atomic E-state index is 12.2. The summed E-state index contributed by atoms with van der Waals surface area (Å²) in [6, 6.07) is 13.9. The molecular formula is C25H34N4O3. The van der Waals surface area contributed by atoms with Crippen molar-refractivity contribution >= 4 is 11.9 Å². The lowest BCUT2D eigenvalue weighted by Crippen LogP contribution is -2.39. The third-order valence-electron chi connectivity index (χ3n) is 5.42. The van der Waals surface area contributed by atoms with E-state index in [-0.39, 0.29) is 18.1 Å². The van der Waals surface area contributed by atoms with E-state index >= 15 is 0 Å². The third-order valence-corrected chi connectivity index (χ3v) is 5.42. The largest absolute Gasteiger partial charge is 0.454 e. The van der Waals surface area contributed by atoms with Crippen LogP contribution in [0.5, 0.6) is 11.5 Å². The van der Waals surface area contributed by atoms with E-state index in [1.165, 1.54) is 0 Å². The van der Waals surface area contributed by atoms with Gasteiger partial charge in [0.2, 0.25) is 6.79 Å². The van der Waals surface area contributed by atoms with E-state index in [0.29, 0.717) is 12.1 Å². The minimum atomic E-state index is -0.162. The average Bonchev–Trinajstić information content (AvgIpc) is 3.25. The first-order valence-electron chi connectivity index (χ1n) is 11.0. The van der Waals surface area contributed by atoms with Crippen molar-refractivity contribution < 1.29 is 14.3 Å². The molecule has 0 unspecified atom stereocenters. The van der Waals surface area contributed by atoms with Gasteiger partial charge in [0, 0.05) is 38.2 Å². The second-order valence-electron chi connectivity index (χ2n) is 8.72. The Hall–Kier alpha value is -3.22. The first kappa shape index (κ1) is 23.4. The molecule has 1 amide bonds. The summed E-state index contributed by atoms with van der Waals surface area (Å²) in [5.41, 5.74) is 2.81. The third kappa shape index (κ3) is 5.93. The molecule has 0 bridgehead atoms. The predicted octanol–water partition coefficient (Wildman–Crippen LogP) is 3.19. The quantitative estimate of drug-likeness (QED) is 0.489. The number of carbonyl (C=O) groups is 1. The van der Waals surface area contributed by atoms with Gasteiger partial charge in [0.25, 0.3) is 5.91 Å². The molecule has 7 heteroatoms. The number of benzene rings is 2. The predicted molar refractivity (Wildman–Crippen MR) is 128 cm³/mol. The second-order valence-corrected chi connectivity index (χ2v) is 8.72. The molecule has 0 aliphatic carbocycles. The molecule has 172 valence electrons. The number of amides is 1. The first-order valence-corrected chi connectivity index (χ1v) is 11.0. The minimum Gasteiger partial charge on any atom is -0.454 e. The van der Waals surface area contributed by atoms with Crippen LogP contribution in [0.4, 0.5) is 0 Å². The average molecular weight is 439 g/mol. The highest BCUT2D eigenvalue weighted by Gasteiger charge is 2.24. The summed E-state index contributed by atoms with van der Waals surface area (Å²) in [7, 11) is 3.53. The molecule has 0 aromatic heterocycles. The number of carbonyl (C=O) groups excluding carboxylic acids is 1. The number of hydrogen-bond acceptors (Lipinski definition) is 4. The van der Waals surface area contributed by atoms with Crippen molar-refractivity contribution in [3.63, 3.8) is 0 Å². The van der Waals surface area contributed by atoms with Gasteiger partial charge < -0.3 is 25.0 Å². The van der Waals surface area contributed by atoms with Gasteiger partial charge in [0.1, 0.15) is 0 Å². The van der Waals surface area contributed by atoms with Crippen LogP contribution >= 0.6 is 0 Å². The van der Waals surface area contributed by atoms with Crippen LogP contribution in [0.3, 0.4) is 0 Å². The zero-order valence-electron chi connectivity index (χ0n) is 19.7. The molecule has 0 atom stereocenters. The van der Waals surface area contributed by atoms with Gasteiger partial charge in [-0.2, -0.15) is 0 Å². The molecule has 0 saturated carbocycles. The molecule has 2 N–H and O–H groups in total. The standard InChI is InChI=1S/C25H34N4O3/c1-6-26-24(27-13-12-18-8-7-9-19(14-18)23(30)29(4)5)28-16-25(2,3)20-10-11-21-22(15-20)32-17-31-21/h7-11,14-15H,6,12-13,16-17H2,1-5H3,(H2,26,27,28). The van der Waals surface area contributed by atoms with Crippen LogP contribution < -0.4 is 20.1 Å². The van der Waals surface area contributed by atoms with E-state index in [4.69, 9.17) is 14.5 Å². The zero-order valence-corrected chi connectivity index (χ0v) is 19.7. The van der Waals surface area contributed by atoms with Crippen molar-refractivity contribution in [2.24, 2.45) is 4.99 Å². The number of hydrogen-bond donors (Lipinski definition) is 2. The fourth-order valence-corrected chi connectivity index (χ4v) is 3.47. The van der Waals surface area contributed by atoms with Gasteiger partial charge in [-0.15, -0.1) is 0 Å². The molecular weight excluding hydrogens is 404 g/mol. The molecule has 3 rings (SSSR count). The summed E-state index contributed by atoms with van der Waals surface area (Å²) in [5.74, 6) is 2.38. The number of ether oxygens (including phenoxy) is 2. The van der Waals surface area contributed by atoms with E-state index in [9.17, 15) is 4.79 Å². The van der Waals surface area contributed by atoms with E-state index in [1.807, 2.05) is 36.4 Å². The number of aliphatic imine (C=N–C) groups is 1. The normalized spacial score (nSPS) is 13.1. The Morgan fingerprint density at radius 3 is 2.62 bits per heavy atom. The molecule has 32 heavy (non-hydrogen) atoms. The van der Waals surface area contributed by atoms with Crippen LogP contribution in [0.25, 0.3) is 0 Å². The summed E-state index contributed by atoms with van der Waals surface area (Å²) >= 11 is 0. The van der Waals surface area contributed by atoms with Crippen LogP contribution in [0.1, 0.15) is 42.3 Å². The lowest BCUT2D eigenvalue weighted by atomic mass is 9.84. The van der Waals surface area contributed by atoms with Gasteiger partial charge in [0.05, 0.1) is 6.54 Å². The Morgan fingerprint density at radius 1 is 1.09 bits per heavy atom. The van der Waals surface area contributed by atoms with Gasteiger partial charge in [-0.05, 0) is 48.7 Å². The first-order chi connectivity index (χ1) is 15.3. The fraction of sp³-hybridized carbons (Fsp3) is 0.440. The Bertz CT molecular complexity index is 969. The summed E-state index contributed by atoms with van der Waals surface area (Å²) in [4.78, 5) is 18.6. The lowest BCUT2D eigenvalue weighted by Gasteiger charge is -2.24. The van der Waals surface area contributed by atoms with Crippen LogP contribution in [-0.4, -0.2) is 57.3 Å². The molecule has 0 spiro atoms. The highest BCUT2D eigenvalue weighted by molar-refractivity contribution is 5.94. The molecule has 0 fully saturated rings. The highest BCUT2D eigenvalue weighted by atomic mass is 16.7. The number of guanidine groups is 1. The fourth-order valence-electron chi connectivity index (χ4n) is 3.47. The van der Waals surface area contributed by atoms with Gasteiger partial charge in [0.15, 0.2) is 17.5 Å². The van der Waals surface area contributed by atoms with E-state index in [0.717, 1.165) is 48.1 Å². The smallest absolute Gasteiger partial charge is 0.253 e. The van der Waals surface area contributed by atoms with Crippen molar-refractivity contribution in [2.45, 2.75) is 32.6 Å². The number of fused-ring (bicyclic) bond motifs is 1. The summed E-state index contributed by atoms with van der Waals surface area (Å²) in [6.45, 7) is 8.79. The lowest BCUT2D eigenvalue weighted by molar-refractivity contribution is 0.0827. The van der Waals surface area contributed by atoms with E-state index < -0.39 is 0 Å². The number of nitrogens with zero attached hydrogens (tertiary/aromatic N) is 2. The summed E-state index contributed by atoms with van der Waals surface area (Å²) in [5, 5.41) is 6.72. The molecule has 0 radical (unpaired) electrons. The molecule has 1 aliphatic heterocycles. The second kappa shape index (κ2) is 10.4. The Morgan fingerprint density at radius 2 is 1.88 bits per heavy atom. The van der Waals surface area contributed by atoms with E-state index in [1.54, 1.807) is 19.0 Å². The molecule has 2 aromatic rings. The Labute approximate surface area is 190 Å². The van der Waals surface area contributed by atoms with E-state index in [2.05, 4.69) is 37.5 Å². The zero-order chi connectivity index (χ0) is 23.1. The van der Waals surface area contributed by atoms with Gasteiger partial charge in [-0.3, -0.25) is 9.79 Å². The molecule has 0 saturated heterocycles. The SMILES string of the molecule is CCNC(=NCC(C)(C)c1ccc2c(c1)OCO2)NCCc1cccc(C(=O)N(C)C)c1.